The third-order valence-corrected chi connectivity index (χ3v) is 3.90. The second-order valence-electron chi connectivity index (χ2n) is 5.39. The van der Waals surface area contributed by atoms with E-state index in [1.807, 2.05) is 0 Å². The van der Waals surface area contributed by atoms with Crippen molar-refractivity contribution in [2.75, 3.05) is 0 Å². The SMILES string of the molecule is C[C@H](N)[C@H](ON1C(=O)c2ccccc2C1=O)c1ccc(Cl)cc1.I. The number of nitrogens with zero attached hydrogens (tertiary/aromatic N) is 1. The van der Waals surface area contributed by atoms with Crippen LogP contribution < -0.4 is 5.73 Å². The number of benzene rings is 2. The molecule has 3 rings (SSSR count). The lowest BCUT2D eigenvalue weighted by atomic mass is 10.0. The Kier molecular flexibility index (Phi) is 5.97. The van der Waals surface area contributed by atoms with Gasteiger partial charge in [0.1, 0.15) is 6.10 Å². The largest absolute Gasteiger partial charge is 0.325 e. The Labute approximate surface area is 161 Å². The molecule has 0 saturated carbocycles. The van der Waals surface area contributed by atoms with Crippen LogP contribution in [0.4, 0.5) is 0 Å². The van der Waals surface area contributed by atoms with Crippen molar-refractivity contribution in [2.24, 2.45) is 5.73 Å². The molecule has 126 valence electrons. The van der Waals surface area contributed by atoms with Crippen molar-refractivity contribution in [1.82, 2.24) is 5.06 Å². The highest BCUT2D eigenvalue weighted by atomic mass is 127. The number of hydrogen-bond acceptors (Lipinski definition) is 4. The Bertz CT molecular complexity index is 730. The molecule has 0 aliphatic carbocycles. The third-order valence-electron chi connectivity index (χ3n) is 3.65. The van der Waals surface area contributed by atoms with Crippen LogP contribution in [0.3, 0.4) is 0 Å². The van der Waals surface area contributed by atoms with Crippen LogP contribution in [0.25, 0.3) is 0 Å². The maximum atomic E-state index is 12.4. The molecule has 2 aromatic rings. The van der Waals surface area contributed by atoms with E-state index in [-0.39, 0.29) is 24.0 Å². The molecule has 0 radical (unpaired) electrons. The Morgan fingerprint density at radius 1 is 1.00 bits per heavy atom. The van der Waals surface area contributed by atoms with Crippen LogP contribution in [0.5, 0.6) is 0 Å². The molecule has 1 aliphatic rings. The van der Waals surface area contributed by atoms with Gasteiger partial charge in [0, 0.05) is 11.1 Å². The van der Waals surface area contributed by atoms with Crippen LogP contribution in [-0.4, -0.2) is 22.9 Å². The standard InChI is InChI=1S/C17H15ClN2O3.HI/c1-10(19)15(11-6-8-12(18)9-7-11)23-20-16(21)13-4-2-3-5-14(13)17(20)22;/h2-10,15H,19H2,1H3;1H/t10-,15-;/m0./s1. The van der Waals surface area contributed by atoms with Gasteiger partial charge in [0.15, 0.2) is 0 Å². The zero-order valence-corrected chi connectivity index (χ0v) is 15.9. The van der Waals surface area contributed by atoms with Crippen molar-refractivity contribution in [3.63, 3.8) is 0 Å². The first-order valence-electron chi connectivity index (χ1n) is 7.14. The molecule has 2 aromatic carbocycles. The molecule has 7 heteroatoms. The molecule has 2 N–H and O–H groups in total. The second-order valence-corrected chi connectivity index (χ2v) is 5.82. The number of rotatable bonds is 4. The van der Waals surface area contributed by atoms with Gasteiger partial charge in [-0.3, -0.25) is 14.4 Å². The van der Waals surface area contributed by atoms with Crippen LogP contribution in [0.2, 0.25) is 5.02 Å². The van der Waals surface area contributed by atoms with Gasteiger partial charge < -0.3 is 5.73 Å². The zero-order valence-electron chi connectivity index (χ0n) is 12.8. The van der Waals surface area contributed by atoms with Crippen LogP contribution in [0.15, 0.2) is 48.5 Å². The van der Waals surface area contributed by atoms with Gasteiger partial charge in [0.2, 0.25) is 0 Å². The Morgan fingerprint density at radius 2 is 1.50 bits per heavy atom. The molecule has 0 unspecified atom stereocenters. The van der Waals surface area contributed by atoms with Crippen LogP contribution in [-0.2, 0) is 4.84 Å². The molecule has 24 heavy (non-hydrogen) atoms. The molecule has 0 aromatic heterocycles. The summed E-state index contributed by atoms with van der Waals surface area (Å²) in [7, 11) is 0. The zero-order chi connectivity index (χ0) is 16.6. The van der Waals surface area contributed by atoms with E-state index in [0.717, 1.165) is 10.6 Å². The minimum absolute atomic E-state index is 0. The smallest absolute Gasteiger partial charge is 0.285 e. The van der Waals surface area contributed by atoms with E-state index in [4.69, 9.17) is 22.2 Å². The minimum Gasteiger partial charge on any atom is -0.325 e. The van der Waals surface area contributed by atoms with Crippen LogP contribution >= 0.6 is 35.6 Å². The van der Waals surface area contributed by atoms with Crippen molar-refractivity contribution in [2.45, 2.75) is 19.1 Å². The lowest BCUT2D eigenvalue weighted by Gasteiger charge is -2.25. The highest BCUT2D eigenvalue weighted by molar-refractivity contribution is 14.0. The Morgan fingerprint density at radius 3 is 1.96 bits per heavy atom. The lowest BCUT2D eigenvalue weighted by molar-refractivity contribution is -0.139. The highest BCUT2D eigenvalue weighted by Crippen LogP contribution is 2.29. The van der Waals surface area contributed by atoms with Gasteiger partial charge in [-0.1, -0.05) is 35.9 Å². The molecule has 1 aliphatic heterocycles. The number of halogens is 2. The third kappa shape index (κ3) is 3.46. The molecule has 2 atom stereocenters. The van der Waals surface area contributed by atoms with Gasteiger partial charge in [-0.2, -0.15) is 0 Å². The number of amides is 2. The number of imide groups is 1. The summed E-state index contributed by atoms with van der Waals surface area (Å²) >= 11 is 5.88. The van der Waals surface area contributed by atoms with E-state index in [9.17, 15) is 9.59 Å². The number of nitrogens with two attached hydrogens (primary N) is 1. The molecule has 0 fully saturated rings. The topological polar surface area (TPSA) is 72.6 Å². The first kappa shape index (κ1) is 18.9. The van der Waals surface area contributed by atoms with E-state index in [1.54, 1.807) is 55.5 Å². The molecule has 0 saturated heterocycles. The maximum absolute atomic E-state index is 12.4. The first-order valence-corrected chi connectivity index (χ1v) is 7.52. The fourth-order valence-corrected chi connectivity index (χ4v) is 2.62. The molecule has 5 nitrogen and oxygen atoms in total. The van der Waals surface area contributed by atoms with Crippen molar-refractivity contribution in [3.8, 4) is 0 Å². The van der Waals surface area contributed by atoms with Crippen molar-refractivity contribution >= 4 is 47.4 Å². The van der Waals surface area contributed by atoms with Crippen LogP contribution in [0, 0.1) is 0 Å². The number of carbonyl (C=O) groups excluding carboxylic acids is 2. The summed E-state index contributed by atoms with van der Waals surface area (Å²) in [6.45, 7) is 1.75. The van der Waals surface area contributed by atoms with Gasteiger partial charge in [0.05, 0.1) is 11.1 Å². The van der Waals surface area contributed by atoms with Crippen molar-refractivity contribution in [1.29, 1.82) is 0 Å². The molecule has 0 bridgehead atoms. The van der Waals surface area contributed by atoms with Crippen molar-refractivity contribution in [3.05, 3.63) is 70.2 Å². The van der Waals surface area contributed by atoms with E-state index < -0.39 is 24.0 Å². The van der Waals surface area contributed by atoms with Crippen LogP contribution in [0.1, 0.15) is 39.3 Å². The lowest BCUT2D eigenvalue weighted by Crippen LogP contribution is -2.37. The van der Waals surface area contributed by atoms with E-state index >= 15 is 0 Å². The second kappa shape index (κ2) is 7.60. The number of hydrogen-bond donors (Lipinski definition) is 1. The summed E-state index contributed by atoms with van der Waals surface area (Å²) in [6, 6.07) is 13.1. The van der Waals surface area contributed by atoms with Gasteiger partial charge in [-0.25, -0.2) is 0 Å². The summed E-state index contributed by atoms with van der Waals surface area (Å²) < 4.78 is 0. The summed E-state index contributed by atoms with van der Waals surface area (Å²) in [5.41, 5.74) is 7.37. The molecule has 1 heterocycles. The molecular formula is C17H16ClIN2O3. The molecule has 0 spiro atoms. The molecule has 2 amide bonds. The highest BCUT2D eigenvalue weighted by Gasteiger charge is 2.38. The van der Waals surface area contributed by atoms with Gasteiger partial charge in [-0.15, -0.1) is 29.0 Å². The summed E-state index contributed by atoms with van der Waals surface area (Å²) in [6.07, 6.45) is -0.644. The Hall–Kier alpha value is -1.48. The average Bonchev–Trinajstić information content (AvgIpc) is 2.78. The summed E-state index contributed by atoms with van der Waals surface area (Å²) in [5, 5.41) is 1.37. The van der Waals surface area contributed by atoms with Crippen molar-refractivity contribution < 1.29 is 14.4 Å². The van der Waals surface area contributed by atoms with E-state index in [0.29, 0.717) is 16.1 Å². The minimum atomic E-state index is -0.644. The fourth-order valence-electron chi connectivity index (χ4n) is 2.49. The summed E-state index contributed by atoms with van der Waals surface area (Å²) in [5.74, 6) is -0.963. The predicted molar refractivity (Wildman–Crippen MR) is 101 cm³/mol. The number of fused-ring (bicyclic) bond motifs is 1. The first-order chi connectivity index (χ1) is 11.0. The number of hydroxylamine groups is 2. The predicted octanol–water partition coefficient (Wildman–Crippen LogP) is 3.57. The average molecular weight is 459 g/mol. The Balaban J connectivity index is 0.00000208. The van der Waals surface area contributed by atoms with Gasteiger partial charge >= 0.3 is 0 Å². The monoisotopic (exact) mass is 458 g/mol. The maximum Gasteiger partial charge on any atom is 0.285 e. The number of carbonyl (C=O) groups is 2. The van der Waals surface area contributed by atoms with Gasteiger partial charge in [0.25, 0.3) is 11.8 Å². The van der Waals surface area contributed by atoms with E-state index in [1.165, 1.54) is 0 Å². The normalized spacial score (nSPS) is 15.7. The molecular weight excluding hydrogens is 443 g/mol. The fraction of sp³-hybridized carbons (Fsp3) is 0.176. The van der Waals surface area contributed by atoms with Gasteiger partial charge in [-0.05, 0) is 36.8 Å². The quantitative estimate of drug-likeness (QED) is 0.562. The summed E-state index contributed by atoms with van der Waals surface area (Å²) in [4.78, 5) is 30.4. The van der Waals surface area contributed by atoms with E-state index in [2.05, 4.69) is 0 Å².